The molecule has 0 saturated carbocycles. The predicted molar refractivity (Wildman–Crippen MR) is 58.2 cm³/mol. The van der Waals surface area contributed by atoms with E-state index in [1.54, 1.807) is 0 Å². The zero-order valence-electron chi connectivity index (χ0n) is 8.09. The lowest BCUT2D eigenvalue weighted by Gasteiger charge is -2.34. The van der Waals surface area contributed by atoms with Gasteiger partial charge in [0, 0.05) is 9.89 Å². The van der Waals surface area contributed by atoms with Gasteiger partial charge < -0.3 is 9.84 Å². The molecule has 0 aromatic heterocycles. The predicted octanol–water partition coefficient (Wildman–Crippen LogP) is 2.23. The number of ether oxygens (including phenoxy) is 1. The van der Waals surface area contributed by atoms with Crippen molar-refractivity contribution >= 4 is 15.9 Å². The average Bonchev–Trinajstić information content (AvgIpc) is 2.20. The van der Waals surface area contributed by atoms with Gasteiger partial charge in [-0.25, -0.2) is 0 Å². The first-order chi connectivity index (χ1) is 6.65. The molecule has 1 N–H and O–H groups in total. The Balaban J connectivity index is 2.52. The molecule has 1 unspecified atom stereocenters. The fourth-order valence-electron chi connectivity index (χ4n) is 1.83. The van der Waals surface area contributed by atoms with Crippen molar-refractivity contribution in [2.24, 2.45) is 0 Å². The molecule has 0 saturated heterocycles. The molecule has 0 bridgehead atoms. The van der Waals surface area contributed by atoms with Crippen molar-refractivity contribution in [2.45, 2.75) is 18.9 Å². The molecule has 1 atom stereocenters. The van der Waals surface area contributed by atoms with Gasteiger partial charge in [-0.15, -0.1) is 0 Å². The topological polar surface area (TPSA) is 29.5 Å². The molecular weight excluding hydrogens is 244 g/mol. The van der Waals surface area contributed by atoms with Gasteiger partial charge >= 0.3 is 0 Å². The smallest absolute Gasteiger partial charge is 0.0720 e. The molecule has 1 aliphatic heterocycles. The van der Waals surface area contributed by atoms with E-state index in [9.17, 15) is 5.11 Å². The van der Waals surface area contributed by atoms with Crippen LogP contribution in [0.5, 0.6) is 0 Å². The van der Waals surface area contributed by atoms with Gasteiger partial charge in [-0.3, -0.25) is 0 Å². The quantitative estimate of drug-likeness (QED) is 0.835. The fourth-order valence-corrected chi connectivity index (χ4v) is 2.19. The summed E-state index contributed by atoms with van der Waals surface area (Å²) < 4.78 is 6.52. The normalized spacial score (nSPS) is 25.9. The summed E-state index contributed by atoms with van der Waals surface area (Å²) >= 11 is 3.45. The molecule has 0 amide bonds. The molecule has 76 valence electrons. The summed E-state index contributed by atoms with van der Waals surface area (Å²) in [5, 5.41) is 9.39. The molecule has 2 nitrogen and oxygen atoms in total. The summed E-state index contributed by atoms with van der Waals surface area (Å²) in [6, 6.07) is 6.13. The zero-order chi connectivity index (χ0) is 10.2. The third-order valence-electron chi connectivity index (χ3n) is 2.75. The van der Waals surface area contributed by atoms with Crippen molar-refractivity contribution in [3.05, 3.63) is 33.8 Å². The van der Waals surface area contributed by atoms with Crippen LogP contribution in [0.3, 0.4) is 0 Å². The van der Waals surface area contributed by atoms with Gasteiger partial charge in [-0.1, -0.05) is 28.9 Å². The van der Waals surface area contributed by atoms with E-state index in [1.165, 1.54) is 11.1 Å². The molecular formula is C11H13BrO2. The summed E-state index contributed by atoms with van der Waals surface area (Å²) in [6.45, 7) is 3.39. The van der Waals surface area contributed by atoms with Gasteiger partial charge in [0.1, 0.15) is 0 Å². The Bertz CT molecular complexity index is 351. The lowest BCUT2D eigenvalue weighted by Crippen LogP contribution is -2.36. The molecule has 0 aliphatic carbocycles. The summed E-state index contributed by atoms with van der Waals surface area (Å²) in [7, 11) is 0. The third kappa shape index (κ3) is 1.60. The highest BCUT2D eigenvalue weighted by Gasteiger charge is 2.32. The van der Waals surface area contributed by atoms with Crippen LogP contribution in [0.1, 0.15) is 18.1 Å². The van der Waals surface area contributed by atoms with Gasteiger partial charge in [0.2, 0.25) is 0 Å². The van der Waals surface area contributed by atoms with E-state index in [-0.39, 0.29) is 12.0 Å². The summed E-state index contributed by atoms with van der Waals surface area (Å²) in [5.74, 6) is 0. The van der Waals surface area contributed by atoms with Crippen molar-refractivity contribution < 1.29 is 9.84 Å². The molecule has 0 fully saturated rings. The Morgan fingerprint density at radius 3 is 3.07 bits per heavy atom. The zero-order valence-corrected chi connectivity index (χ0v) is 9.67. The Morgan fingerprint density at radius 1 is 1.57 bits per heavy atom. The first-order valence-electron chi connectivity index (χ1n) is 4.63. The maximum Gasteiger partial charge on any atom is 0.0720 e. The van der Waals surface area contributed by atoms with E-state index in [0.29, 0.717) is 13.2 Å². The lowest BCUT2D eigenvalue weighted by atomic mass is 9.80. The standard InChI is InChI=1S/C11H13BrO2/c1-11(6-13)7-14-5-8-2-3-9(12)4-10(8)11/h2-4,13H,5-7H2,1H3. The van der Waals surface area contributed by atoms with Gasteiger partial charge in [0.15, 0.2) is 0 Å². The van der Waals surface area contributed by atoms with Crippen LogP contribution in [-0.4, -0.2) is 18.3 Å². The second-order valence-electron chi connectivity index (χ2n) is 4.01. The Kier molecular flexibility index (Phi) is 2.64. The van der Waals surface area contributed by atoms with E-state index >= 15 is 0 Å². The molecule has 3 heteroatoms. The minimum Gasteiger partial charge on any atom is -0.395 e. The molecule has 0 spiro atoms. The van der Waals surface area contributed by atoms with Crippen LogP contribution in [-0.2, 0) is 16.8 Å². The van der Waals surface area contributed by atoms with Gasteiger partial charge in [0.05, 0.1) is 19.8 Å². The summed E-state index contributed by atoms with van der Waals surface area (Å²) in [5.41, 5.74) is 2.12. The second kappa shape index (κ2) is 3.65. The lowest BCUT2D eigenvalue weighted by molar-refractivity contribution is 0.0317. The third-order valence-corrected chi connectivity index (χ3v) is 3.24. The summed E-state index contributed by atoms with van der Waals surface area (Å²) in [6.07, 6.45) is 0. The Morgan fingerprint density at radius 2 is 2.36 bits per heavy atom. The second-order valence-corrected chi connectivity index (χ2v) is 4.93. The highest BCUT2D eigenvalue weighted by molar-refractivity contribution is 9.10. The molecule has 1 heterocycles. The number of hydrogen-bond donors (Lipinski definition) is 1. The van der Waals surface area contributed by atoms with Crippen molar-refractivity contribution in [1.82, 2.24) is 0 Å². The van der Waals surface area contributed by atoms with Crippen LogP contribution in [0.4, 0.5) is 0 Å². The van der Waals surface area contributed by atoms with Crippen LogP contribution >= 0.6 is 15.9 Å². The van der Waals surface area contributed by atoms with Crippen LogP contribution in [0, 0.1) is 0 Å². The van der Waals surface area contributed by atoms with E-state index < -0.39 is 0 Å². The molecule has 14 heavy (non-hydrogen) atoms. The van der Waals surface area contributed by atoms with Crippen molar-refractivity contribution in [2.75, 3.05) is 13.2 Å². The SMILES string of the molecule is CC1(CO)COCc2ccc(Br)cc21. The van der Waals surface area contributed by atoms with E-state index in [0.717, 1.165) is 4.47 Å². The van der Waals surface area contributed by atoms with E-state index in [4.69, 9.17) is 4.74 Å². The van der Waals surface area contributed by atoms with Crippen molar-refractivity contribution in [1.29, 1.82) is 0 Å². The fraction of sp³-hybridized carbons (Fsp3) is 0.455. The highest BCUT2D eigenvalue weighted by atomic mass is 79.9. The maximum absolute atomic E-state index is 9.39. The van der Waals surface area contributed by atoms with E-state index in [2.05, 4.69) is 22.0 Å². The minimum absolute atomic E-state index is 0.121. The first-order valence-corrected chi connectivity index (χ1v) is 5.42. The Hall–Kier alpha value is -0.380. The molecule has 1 aromatic carbocycles. The highest BCUT2D eigenvalue weighted by Crippen LogP contribution is 2.33. The number of aliphatic hydroxyl groups is 1. The summed E-state index contributed by atoms with van der Waals surface area (Å²) in [4.78, 5) is 0. The number of aliphatic hydroxyl groups excluding tert-OH is 1. The number of rotatable bonds is 1. The molecule has 0 radical (unpaired) electrons. The maximum atomic E-state index is 9.39. The number of halogens is 1. The monoisotopic (exact) mass is 256 g/mol. The van der Waals surface area contributed by atoms with Crippen molar-refractivity contribution in [3.8, 4) is 0 Å². The Labute approximate surface area is 92.0 Å². The van der Waals surface area contributed by atoms with E-state index in [1.807, 2.05) is 19.1 Å². The average molecular weight is 257 g/mol. The van der Waals surface area contributed by atoms with Gasteiger partial charge in [-0.05, 0) is 23.3 Å². The number of benzene rings is 1. The number of fused-ring (bicyclic) bond motifs is 1. The van der Waals surface area contributed by atoms with Crippen LogP contribution < -0.4 is 0 Å². The largest absolute Gasteiger partial charge is 0.395 e. The van der Waals surface area contributed by atoms with Crippen LogP contribution in [0.2, 0.25) is 0 Å². The molecule has 2 rings (SSSR count). The van der Waals surface area contributed by atoms with Crippen LogP contribution in [0.15, 0.2) is 22.7 Å². The minimum atomic E-state index is -0.253. The first kappa shape index (κ1) is 10.1. The van der Waals surface area contributed by atoms with Crippen molar-refractivity contribution in [3.63, 3.8) is 0 Å². The molecule has 1 aliphatic rings. The van der Waals surface area contributed by atoms with Gasteiger partial charge in [0.25, 0.3) is 0 Å². The van der Waals surface area contributed by atoms with Crippen LogP contribution in [0.25, 0.3) is 0 Å². The molecule has 1 aromatic rings. The number of hydrogen-bond acceptors (Lipinski definition) is 2. The van der Waals surface area contributed by atoms with Gasteiger partial charge in [-0.2, -0.15) is 0 Å².